The van der Waals surface area contributed by atoms with E-state index in [4.69, 9.17) is 23.2 Å². The summed E-state index contributed by atoms with van der Waals surface area (Å²) in [6, 6.07) is 16.1. The van der Waals surface area contributed by atoms with Gasteiger partial charge in [0.25, 0.3) is 5.91 Å². The topological polar surface area (TPSA) is 54.9 Å². The standard InChI is InChI=1S/C21H13Cl2N3OS/c22-15-6-7-18(23)17(10-15)20(27)25-16-5-1-3-13(9-16)19-12-28-21(26-19)14-4-2-8-24-11-14/h1-12H,(H,25,27). The minimum atomic E-state index is -0.320. The van der Waals surface area contributed by atoms with Crippen LogP contribution in [-0.2, 0) is 0 Å². The molecule has 0 radical (unpaired) electrons. The van der Waals surface area contributed by atoms with E-state index >= 15 is 0 Å². The van der Waals surface area contributed by atoms with Gasteiger partial charge in [-0.2, -0.15) is 0 Å². The molecule has 0 bridgehead atoms. The van der Waals surface area contributed by atoms with Crippen LogP contribution in [0.5, 0.6) is 0 Å². The number of thiazole rings is 1. The normalized spacial score (nSPS) is 10.6. The predicted octanol–water partition coefficient (Wildman–Crippen LogP) is 6.43. The van der Waals surface area contributed by atoms with Crippen LogP contribution in [0.2, 0.25) is 10.0 Å². The first-order valence-electron chi connectivity index (χ1n) is 8.33. The van der Waals surface area contributed by atoms with Gasteiger partial charge in [0, 0.05) is 39.6 Å². The van der Waals surface area contributed by atoms with Gasteiger partial charge in [-0.05, 0) is 42.5 Å². The summed E-state index contributed by atoms with van der Waals surface area (Å²) >= 11 is 13.6. The summed E-state index contributed by atoms with van der Waals surface area (Å²) in [6.45, 7) is 0. The minimum Gasteiger partial charge on any atom is -0.322 e. The fourth-order valence-electron chi connectivity index (χ4n) is 2.65. The maximum atomic E-state index is 12.5. The van der Waals surface area contributed by atoms with Gasteiger partial charge < -0.3 is 5.32 Å². The van der Waals surface area contributed by atoms with Crippen molar-refractivity contribution >= 4 is 46.1 Å². The zero-order chi connectivity index (χ0) is 19.5. The van der Waals surface area contributed by atoms with E-state index < -0.39 is 0 Å². The van der Waals surface area contributed by atoms with Gasteiger partial charge in [-0.15, -0.1) is 11.3 Å². The van der Waals surface area contributed by atoms with E-state index in [9.17, 15) is 4.79 Å². The minimum absolute atomic E-state index is 0.320. The molecule has 0 saturated carbocycles. The van der Waals surface area contributed by atoms with Gasteiger partial charge in [0.15, 0.2) is 0 Å². The number of carbonyl (C=O) groups excluding carboxylic acids is 1. The van der Waals surface area contributed by atoms with Gasteiger partial charge in [-0.3, -0.25) is 9.78 Å². The summed E-state index contributed by atoms with van der Waals surface area (Å²) in [5, 5.41) is 6.53. The van der Waals surface area contributed by atoms with E-state index in [1.54, 1.807) is 41.9 Å². The molecule has 4 rings (SSSR count). The average Bonchev–Trinajstić information content (AvgIpc) is 3.21. The summed E-state index contributed by atoms with van der Waals surface area (Å²) in [4.78, 5) is 21.4. The number of hydrogen-bond acceptors (Lipinski definition) is 4. The third-order valence-electron chi connectivity index (χ3n) is 4.00. The van der Waals surface area contributed by atoms with Crippen LogP contribution in [0.1, 0.15) is 10.4 Å². The van der Waals surface area contributed by atoms with Gasteiger partial charge in [0.1, 0.15) is 5.01 Å². The highest BCUT2D eigenvalue weighted by atomic mass is 35.5. The molecule has 2 aromatic heterocycles. The fourth-order valence-corrected chi connectivity index (χ4v) is 3.85. The van der Waals surface area contributed by atoms with Crippen molar-refractivity contribution in [2.75, 3.05) is 5.32 Å². The number of hydrogen-bond donors (Lipinski definition) is 1. The molecule has 0 aliphatic heterocycles. The van der Waals surface area contributed by atoms with Gasteiger partial charge in [-0.25, -0.2) is 4.98 Å². The van der Waals surface area contributed by atoms with Crippen LogP contribution < -0.4 is 5.32 Å². The molecule has 2 heterocycles. The Morgan fingerprint density at radius 2 is 1.86 bits per heavy atom. The number of pyridine rings is 1. The van der Waals surface area contributed by atoms with E-state index in [1.807, 2.05) is 41.8 Å². The zero-order valence-corrected chi connectivity index (χ0v) is 16.7. The first kappa shape index (κ1) is 18.6. The molecule has 0 saturated heterocycles. The van der Waals surface area contributed by atoms with Gasteiger partial charge in [0.05, 0.1) is 16.3 Å². The lowest BCUT2D eigenvalue weighted by Gasteiger charge is -2.08. The van der Waals surface area contributed by atoms with Crippen molar-refractivity contribution in [1.29, 1.82) is 0 Å². The Bertz CT molecular complexity index is 1150. The summed E-state index contributed by atoms with van der Waals surface area (Å²) in [7, 11) is 0. The fraction of sp³-hybridized carbons (Fsp3) is 0. The van der Waals surface area contributed by atoms with Gasteiger partial charge in [0.2, 0.25) is 0 Å². The number of halogens is 2. The lowest BCUT2D eigenvalue weighted by Crippen LogP contribution is -2.12. The monoisotopic (exact) mass is 425 g/mol. The van der Waals surface area contributed by atoms with Crippen molar-refractivity contribution in [2.24, 2.45) is 0 Å². The molecule has 4 aromatic rings. The maximum Gasteiger partial charge on any atom is 0.257 e. The molecule has 7 heteroatoms. The first-order valence-corrected chi connectivity index (χ1v) is 9.96. The Morgan fingerprint density at radius 3 is 2.68 bits per heavy atom. The highest BCUT2D eigenvalue weighted by Crippen LogP contribution is 2.30. The SMILES string of the molecule is O=C(Nc1cccc(-c2csc(-c3cccnc3)n2)c1)c1cc(Cl)ccc1Cl. The lowest BCUT2D eigenvalue weighted by atomic mass is 10.1. The second-order valence-electron chi connectivity index (χ2n) is 5.94. The van der Waals surface area contributed by atoms with Crippen molar-refractivity contribution in [3.63, 3.8) is 0 Å². The predicted molar refractivity (Wildman–Crippen MR) is 115 cm³/mol. The molecule has 0 aliphatic carbocycles. The Hall–Kier alpha value is -2.73. The first-order chi connectivity index (χ1) is 13.6. The number of amides is 1. The van der Waals surface area contributed by atoms with Crippen molar-refractivity contribution in [3.8, 4) is 21.8 Å². The Morgan fingerprint density at radius 1 is 1.00 bits per heavy atom. The molecule has 0 fully saturated rings. The zero-order valence-electron chi connectivity index (χ0n) is 14.4. The number of anilines is 1. The second kappa shape index (κ2) is 8.10. The van der Waals surface area contributed by atoms with Crippen molar-refractivity contribution < 1.29 is 4.79 Å². The van der Waals surface area contributed by atoms with Crippen molar-refractivity contribution in [2.45, 2.75) is 0 Å². The molecule has 0 atom stereocenters. The van der Waals surface area contributed by atoms with Crippen LogP contribution in [0.4, 0.5) is 5.69 Å². The van der Waals surface area contributed by atoms with Gasteiger partial charge in [-0.1, -0.05) is 35.3 Å². The Kier molecular flexibility index (Phi) is 5.39. The van der Waals surface area contributed by atoms with Crippen LogP contribution >= 0.6 is 34.5 Å². The molecule has 28 heavy (non-hydrogen) atoms. The van der Waals surface area contributed by atoms with Gasteiger partial charge >= 0.3 is 0 Å². The lowest BCUT2D eigenvalue weighted by molar-refractivity contribution is 0.102. The van der Waals surface area contributed by atoms with Crippen LogP contribution in [0.25, 0.3) is 21.8 Å². The van der Waals surface area contributed by atoms with Crippen molar-refractivity contribution in [3.05, 3.63) is 88.0 Å². The van der Waals surface area contributed by atoms with Crippen LogP contribution in [0.15, 0.2) is 72.4 Å². The smallest absolute Gasteiger partial charge is 0.257 e. The molecule has 0 spiro atoms. The summed E-state index contributed by atoms with van der Waals surface area (Å²) in [5.41, 5.74) is 3.68. The highest BCUT2D eigenvalue weighted by molar-refractivity contribution is 7.13. The third kappa shape index (κ3) is 4.07. The van der Waals surface area contributed by atoms with Crippen LogP contribution in [-0.4, -0.2) is 15.9 Å². The molecule has 0 aliphatic rings. The summed E-state index contributed by atoms with van der Waals surface area (Å²) in [6.07, 6.45) is 3.52. The number of aromatic nitrogens is 2. The van der Waals surface area contributed by atoms with Crippen LogP contribution in [0, 0.1) is 0 Å². The number of benzene rings is 2. The van der Waals surface area contributed by atoms with E-state index in [1.165, 1.54) is 0 Å². The molecule has 138 valence electrons. The highest BCUT2D eigenvalue weighted by Gasteiger charge is 2.12. The summed E-state index contributed by atoms with van der Waals surface area (Å²) < 4.78 is 0. The molecular weight excluding hydrogens is 413 g/mol. The molecular formula is C21H13Cl2N3OS. The van der Waals surface area contributed by atoms with Crippen molar-refractivity contribution in [1.82, 2.24) is 9.97 Å². The molecule has 2 aromatic carbocycles. The number of nitrogens with zero attached hydrogens (tertiary/aromatic N) is 2. The number of carbonyl (C=O) groups is 1. The number of rotatable bonds is 4. The number of nitrogens with one attached hydrogen (secondary N) is 1. The Balaban J connectivity index is 1.58. The van der Waals surface area contributed by atoms with Crippen LogP contribution in [0.3, 0.4) is 0 Å². The van der Waals surface area contributed by atoms with E-state index in [0.29, 0.717) is 21.3 Å². The quantitative estimate of drug-likeness (QED) is 0.409. The molecule has 0 unspecified atom stereocenters. The summed E-state index contributed by atoms with van der Waals surface area (Å²) in [5.74, 6) is -0.320. The second-order valence-corrected chi connectivity index (χ2v) is 7.64. The van der Waals surface area contributed by atoms with E-state index in [-0.39, 0.29) is 5.91 Å². The average molecular weight is 426 g/mol. The molecule has 1 N–H and O–H groups in total. The van der Waals surface area contributed by atoms with E-state index in [0.717, 1.165) is 21.8 Å². The third-order valence-corrected chi connectivity index (χ3v) is 5.46. The van der Waals surface area contributed by atoms with E-state index in [2.05, 4.69) is 15.3 Å². The largest absolute Gasteiger partial charge is 0.322 e. The maximum absolute atomic E-state index is 12.5. The Labute approximate surface area is 175 Å². The molecule has 1 amide bonds. The molecule has 4 nitrogen and oxygen atoms in total.